The summed E-state index contributed by atoms with van der Waals surface area (Å²) in [6.45, 7) is 2.83. The van der Waals surface area contributed by atoms with Crippen LogP contribution in [0.2, 0.25) is 0 Å². The molecule has 5 nitrogen and oxygen atoms in total. The molecule has 2 heterocycles. The first-order valence-corrected chi connectivity index (χ1v) is 7.51. The SMILES string of the molecule is CC1OCCC1(O)CNC1CCS(=O)(=O)C1. The van der Waals surface area contributed by atoms with Crippen LogP contribution in [0.25, 0.3) is 0 Å². The molecule has 0 aromatic rings. The molecule has 3 unspecified atom stereocenters. The zero-order valence-corrected chi connectivity index (χ0v) is 10.3. The van der Waals surface area contributed by atoms with E-state index in [1.807, 2.05) is 6.92 Å². The van der Waals surface area contributed by atoms with Crippen molar-refractivity contribution in [2.45, 2.75) is 37.5 Å². The third-order valence-corrected chi connectivity index (χ3v) is 5.36. The molecule has 2 N–H and O–H groups in total. The summed E-state index contributed by atoms with van der Waals surface area (Å²) in [6, 6.07) is -0.0122. The predicted molar refractivity (Wildman–Crippen MR) is 60.0 cm³/mol. The van der Waals surface area contributed by atoms with E-state index in [1.54, 1.807) is 0 Å². The van der Waals surface area contributed by atoms with Gasteiger partial charge in [-0.25, -0.2) is 8.42 Å². The van der Waals surface area contributed by atoms with Crippen molar-refractivity contribution in [1.82, 2.24) is 5.32 Å². The normalized spacial score (nSPS) is 42.6. The van der Waals surface area contributed by atoms with Crippen LogP contribution in [0.5, 0.6) is 0 Å². The van der Waals surface area contributed by atoms with Crippen LogP contribution in [-0.2, 0) is 14.6 Å². The minimum atomic E-state index is -2.85. The summed E-state index contributed by atoms with van der Waals surface area (Å²) >= 11 is 0. The Kier molecular flexibility index (Phi) is 3.27. The first-order chi connectivity index (χ1) is 7.41. The molecule has 16 heavy (non-hydrogen) atoms. The number of ether oxygens (including phenoxy) is 1. The number of hydrogen-bond acceptors (Lipinski definition) is 5. The molecule has 0 spiro atoms. The molecule has 2 saturated heterocycles. The van der Waals surface area contributed by atoms with Crippen molar-refractivity contribution in [3.05, 3.63) is 0 Å². The Hall–Kier alpha value is -0.170. The Morgan fingerprint density at radius 3 is 2.81 bits per heavy atom. The highest BCUT2D eigenvalue weighted by Gasteiger charge is 2.40. The molecule has 2 fully saturated rings. The van der Waals surface area contributed by atoms with E-state index in [-0.39, 0.29) is 23.7 Å². The molecule has 0 saturated carbocycles. The Morgan fingerprint density at radius 1 is 1.56 bits per heavy atom. The molecule has 3 atom stereocenters. The second-order valence-electron chi connectivity index (χ2n) is 4.85. The van der Waals surface area contributed by atoms with Crippen molar-refractivity contribution >= 4 is 9.84 Å². The molecule has 6 heteroatoms. The molecule has 0 amide bonds. The first-order valence-electron chi connectivity index (χ1n) is 5.69. The van der Waals surface area contributed by atoms with Gasteiger partial charge < -0.3 is 15.2 Å². The maximum atomic E-state index is 11.3. The lowest BCUT2D eigenvalue weighted by Gasteiger charge is -2.27. The highest BCUT2D eigenvalue weighted by molar-refractivity contribution is 7.91. The van der Waals surface area contributed by atoms with E-state index < -0.39 is 15.4 Å². The largest absolute Gasteiger partial charge is 0.386 e. The molecule has 0 radical (unpaired) electrons. The standard InChI is InChI=1S/C10H19NO4S/c1-8-10(12,3-4-15-8)7-11-9-2-5-16(13,14)6-9/h8-9,11-12H,2-7H2,1H3. The number of sulfone groups is 1. The monoisotopic (exact) mass is 249 g/mol. The molecule has 2 aliphatic heterocycles. The predicted octanol–water partition coefficient (Wildman–Crippen LogP) is -0.697. The molecule has 0 aliphatic carbocycles. The molecular weight excluding hydrogens is 230 g/mol. The van der Waals surface area contributed by atoms with E-state index >= 15 is 0 Å². The van der Waals surface area contributed by atoms with E-state index in [4.69, 9.17) is 4.74 Å². The fourth-order valence-corrected chi connectivity index (χ4v) is 3.99. The average molecular weight is 249 g/mol. The van der Waals surface area contributed by atoms with E-state index in [9.17, 15) is 13.5 Å². The average Bonchev–Trinajstić information content (AvgIpc) is 2.69. The van der Waals surface area contributed by atoms with Gasteiger partial charge in [0.05, 0.1) is 17.6 Å². The molecule has 0 aromatic carbocycles. The van der Waals surface area contributed by atoms with Gasteiger partial charge in [-0.15, -0.1) is 0 Å². The van der Waals surface area contributed by atoms with Gasteiger partial charge in [-0.05, 0) is 13.3 Å². The van der Waals surface area contributed by atoms with Gasteiger partial charge in [0.15, 0.2) is 9.84 Å². The van der Waals surface area contributed by atoms with E-state index in [1.165, 1.54) is 0 Å². The summed E-state index contributed by atoms with van der Waals surface area (Å²) in [5.74, 6) is 0.452. The van der Waals surface area contributed by atoms with Crippen molar-refractivity contribution in [3.8, 4) is 0 Å². The van der Waals surface area contributed by atoms with Crippen molar-refractivity contribution in [2.75, 3.05) is 24.7 Å². The topological polar surface area (TPSA) is 75.6 Å². The summed E-state index contributed by atoms with van der Waals surface area (Å²) in [4.78, 5) is 0. The quantitative estimate of drug-likeness (QED) is 0.692. The lowest BCUT2D eigenvalue weighted by atomic mass is 9.96. The molecule has 0 aromatic heterocycles. The third-order valence-electron chi connectivity index (χ3n) is 3.59. The van der Waals surface area contributed by atoms with Gasteiger partial charge in [0.1, 0.15) is 5.60 Å². The van der Waals surface area contributed by atoms with Gasteiger partial charge in [-0.2, -0.15) is 0 Å². The van der Waals surface area contributed by atoms with Crippen LogP contribution in [0.4, 0.5) is 0 Å². The summed E-state index contributed by atoms with van der Waals surface area (Å²) in [6.07, 6.45) is 1.08. The van der Waals surface area contributed by atoms with Crippen LogP contribution in [0.1, 0.15) is 19.8 Å². The fourth-order valence-electron chi connectivity index (χ4n) is 2.28. The van der Waals surface area contributed by atoms with Gasteiger partial charge in [-0.3, -0.25) is 0 Å². The summed E-state index contributed by atoms with van der Waals surface area (Å²) in [7, 11) is -2.85. The van der Waals surface area contributed by atoms with Gasteiger partial charge >= 0.3 is 0 Å². The highest BCUT2D eigenvalue weighted by Crippen LogP contribution is 2.25. The summed E-state index contributed by atoms with van der Waals surface area (Å²) in [5.41, 5.74) is -0.841. The van der Waals surface area contributed by atoms with Crippen LogP contribution >= 0.6 is 0 Å². The smallest absolute Gasteiger partial charge is 0.151 e. The maximum absolute atomic E-state index is 11.3. The Bertz CT molecular complexity index is 356. The van der Waals surface area contributed by atoms with Gasteiger partial charge in [0.25, 0.3) is 0 Å². The third kappa shape index (κ3) is 2.56. The fraction of sp³-hybridized carbons (Fsp3) is 1.00. The van der Waals surface area contributed by atoms with Crippen LogP contribution in [0.3, 0.4) is 0 Å². The molecular formula is C10H19NO4S. The number of rotatable bonds is 3. The van der Waals surface area contributed by atoms with E-state index in [0.29, 0.717) is 26.0 Å². The van der Waals surface area contributed by atoms with Crippen LogP contribution in [-0.4, -0.2) is 55.9 Å². The van der Waals surface area contributed by atoms with Gasteiger partial charge in [0.2, 0.25) is 0 Å². The Balaban J connectivity index is 1.84. The molecule has 0 bridgehead atoms. The number of hydrogen-bond donors (Lipinski definition) is 2. The minimum absolute atomic E-state index is 0.0122. The van der Waals surface area contributed by atoms with Crippen LogP contribution < -0.4 is 5.32 Å². The second kappa shape index (κ2) is 4.25. The Labute approximate surface area is 96.1 Å². The molecule has 2 aliphatic rings. The first kappa shape index (κ1) is 12.3. The molecule has 2 rings (SSSR count). The van der Waals surface area contributed by atoms with Gasteiger partial charge in [0, 0.05) is 25.6 Å². The lowest BCUT2D eigenvalue weighted by molar-refractivity contribution is -0.0272. The number of aliphatic hydroxyl groups is 1. The lowest BCUT2D eigenvalue weighted by Crippen LogP contribution is -2.48. The van der Waals surface area contributed by atoms with Crippen LogP contribution in [0, 0.1) is 0 Å². The summed E-state index contributed by atoms with van der Waals surface area (Å²) < 4.78 is 27.8. The van der Waals surface area contributed by atoms with Crippen molar-refractivity contribution < 1.29 is 18.3 Å². The molecule has 94 valence electrons. The van der Waals surface area contributed by atoms with Gasteiger partial charge in [-0.1, -0.05) is 0 Å². The van der Waals surface area contributed by atoms with E-state index in [0.717, 1.165) is 0 Å². The van der Waals surface area contributed by atoms with Crippen LogP contribution in [0.15, 0.2) is 0 Å². The van der Waals surface area contributed by atoms with Crippen molar-refractivity contribution in [3.63, 3.8) is 0 Å². The highest BCUT2D eigenvalue weighted by atomic mass is 32.2. The van der Waals surface area contributed by atoms with Crippen molar-refractivity contribution in [2.24, 2.45) is 0 Å². The zero-order chi connectivity index (χ0) is 11.8. The van der Waals surface area contributed by atoms with E-state index in [2.05, 4.69) is 5.32 Å². The number of nitrogens with one attached hydrogen (secondary N) is 1. The second-order valence-corrected chi connectivity index (χ2v) is 7.08. The Morgan fingerprint density at radius 2 is 2.31 bits per heavy atom. The maximum Gasteiger partial charge on any atom is 0.151 e. The zero-order valence-electron chi connectivity index (χ0n) is 9.48. The summed E-state index contributed by atoms with van der Waals surface area (Å²) in [5, 5.41) is 13.4. The minimum Gasteiger partial charge on any atom is -0.386 e. The van der Waals surface area contributed by atoms with Crippen molar-refractivity contribution in [1.29, 1.82) is 0 Å².